The minimum atomic E-state index is -0.333. The lowest BCUT2D eigenvalue weighted by atomic mass is 10.2. The predicted molar refractivity (Wildman–Crippen MR) is 109 cm³/mol. The third kappa shape index (κ3) is 9.24. The normalized spacial score (nSPS) is 12.3. The molecule has 2 N–H and O–H groups in total. The van der Waals surface area contributed by atoms with Crippen molar-refractivity contribution in [1.82, 2.24) is 10.6 Å². The Labute approximate surface area is 160 Å². The molecule has 1 aromatic rings. The molecule has 0 amide bonds. The molecule has 132 valence electrons. The maximum Gasteiger partial charge on any atom is 0.191 e. The van der Waals surface area contributed by atoms with E-state index in [9.17, 15) is 4.39 Å². The van der Waals surface area contributed by atoms with Crippen molar-refractivity contribution in [2.45, 2.75) is 25.9 Å². The number of benzene rings is 1. The van der Waals surface area contributed by atoms with Gasteiger partial charge in [0.15, 0.2) is 17.5 Å². The first-order chi connectivity index (χ1) is 10.7. The number of rotatable bonds is 9. The van der Waals surface area contributed by atoms with Crippen molar-refractivity contribution in [3.63, 3.8) is 0 Å². The second-order valence-electron chi connectivity index (χ2n) is 4.80. The van der Waals surface area contributed by atoms with Crippen LogP contribution in [0.1, 0.15) is 19.8 Å². The Morgan fingerprint density at radius 1 is 1.35 bits per heavy atom. The molecule has 0 aliphatic carbocycles. The molecular formula is C16H27FIN3OS. The molecule has 1 aromatic carbocycles. The lowest BCUT2D eigenvalue weighted by molar-refractivity contribution is 0.191. The number of guanidine groups is 1. The standard InChI is InChI=1S/C16H26FN3OS.HI/c1-4-13(21-15-9-6-5-8-14(15)17)12-20-16(18-2)19-10-7-11-22-3;/h5-6,8-9,13H,4,7,10-12H2,1-3H3,(H2,18,19,20);1H. The summed E-state index contributed by atoms with van der Waals surface area (Å²) in [6.07, 6.45) is 3.86. The van der Waals surface area contributed by atoms with E-state index in [1.54, 1.807) is 25.2 Å². The fourth-order valence-corrected chi connectivity index (χ4v) is 2.28. The van der Waals surface area contributed by atoms with E-state index in [-0.39, 0.29) is 35.9 Å². The highest BCUT2D eigenvalue weighted by Gasteiger charge is 2.11. The van der Waals surface area contributed by atoms with Crippen LogP contribution in [0.3, 0.4) is 0 Å². The van der Waals surface area contributed by atoms with Gasteiger partial charge in [0, 0.05) is 13.6 Å². The van der Waals surface area contributed by atoms with Crippen LogP contribution in [-0.4, -0.2) is 44.2 Å². The predicted octanol–water partition coefficient (Wildman–Crippen LogP) is 3.52. The first-order valence-electron chi connectivity index (χ1n) is 7.55. The molecular weight excluding hydrogens is 428 g/mol. The van der Waals surface area contributed by atoms with Crippen molar-refractivity contribution in [1.29, 1.82) is 0 Å². The van der Waals surface area contributed by atoms with Gasteiger partial charge in [-0.05, 0) is 37.0 Å². The Bertz CT molecular complexity index is 463. The molecule has 0 aliphatic rings. The van der Waals surface area contributed by atoms with Crippen LogP contribution >= 0.6 is 35.7 Å². The van der Waals surface area contributed by atoms with Gasteiger partial charge >= 0.3 is 0 Å². The van der Waals surface area contributed by atoms with E-state index >= 15 is 0 Å². The minimum Gasteiger partial charge on any atom is -0.486 e. The molecule has 1 rings (SSSR count). The van der Waals surface area contributed by atoms with Crippen molar-refractivity contribution in [3.8, 4) is 5.75 Å². The molecule has 7 heteroatoms. The lowest BCUT2D eigenvalue weighted by Gasteiger charge is -2.20. The van der Waals surface area contributed by atoms with Crippen LogP contribution in [0.25, 0.3) is 0 Å². The molecule has 0 aromatic heterocycles. The third-order valence-corrected chi connectivity index (χ3v) is 3.82. The topological polar surface area (TPSA) is 45.7 Å². The number of nitrogens with one attached hydrogen (secondary N) is 2. The first-order valence-corrected chi connectivity index (χ1v) is 8.95. The summed E-state index contributed by atoms with van der Waals surface area (Å²) in [6, 6.07) is 6.47. The fourth-order valence-electron chi connectivity index (χ4n) is 1.84. The Morgan fingerprint density at radius 3 is 2.70 bits per heavy atom. The van der Waals surface area contributed by atoms with E-state index in [0.717, 1.165) is 31.1 Å². The van der Waals surface area contributed by atoms with E-state index in [1.807, 2.05) is 18.7 Å². The summed E-state index contributed by atoms with van der Waals surface area (Å²) in [7, 11) is 1.74. The maximum absolute atomic E-state index is 13.6. The highest BCUT2D eigenvalue weighted by Crippen LogP contribution is 2.17. The molecule has 0 bridgehead atoms. The molecule has 0 saturated heterocycles. The molecule has 0 fully saturated rings. The van der Waals surface area contributed by atoms with Crippen LogP contribution in [0, 0.1) is 5.82 Å². The molecule has 0 spiro atoms. The molecule has 0 radical (unpaired) electrons. The monoisotopic (exact) mass is 455 g/mol. The van der Waals surface area contributed by atoms with E-state index in [0.29, 0.717) is 12.3 Å². The lowest BCUT2D eigenvalue weighted by Crippen LogP contribution is -2.42. The molecule has 0 saturated carbocycles. The van der Waals surface area contributed by atoms with Gasteiger partial charge in [-0.1, -0.05) is 19.1 Å². The van der Waals surface area contributed by atoms with Crippen molar-refractivity contribution < 1.29 is 9.13 Å². The summed E-state index contributed by atoms with van der Waals surface area (Å²) < 4.78 is 19.3. The number of thioether (sulfide) groups is 1. The Hall–Kier alpha value is -0.700. The zero-order valence-electron chi connectivity index (χ0n) is 14.0. The fraction of sp³-hybridized carbons (Fsp3) is 0.562. The number of aliphatic imine (C=N–C) groups is 1. The number of halogens is 2. The summed E-state index contributed by atoms with van der Waals surface area (Å²) in [5.41, 5.74) is 0. The quantitative estimate of drug-likeness (QED) is 0.259. The Kier molecular flexibility index (Phi) is 13.3. The van der Waals surface area contributed by atoms with E-state index < -0.39 is 0 Å². The van der Waals surface area contributed by atoms with Crippen molar-refractivity contribution in [2.75, 3.05) is 32.1 Å². The van der Waals surface area contributed by atoms with Gasteiger partial charge in [0.2, 0.25) is 0 Å². The summed E-state index contributed by atoms with van der Waals surface area (Å²) in [5, 5.41) is 6.48. The van der Waals surface area contributed by atoms with Crippen LogP contribution in [0.5, 0.6) is 5.75 Å². The van der Waals surface area contributed by atoms with Gasteiger partial charge in [0.1, 0.15) is 6.10 Å². The van der Waals surface area contributed by atoms with Crippen LogP contribution in [0.2, 0.25) is 0 Å². The van der Waals surface area contributed by atoms with E-state index in [1.165, 1.54) is 6.07 Å². The van der Waals surface area contributed by atoms with Gasteiger partial charge in [-0.3, -0.25) is 4.99 Å². The van der Waals surface area contributed by atoms with E-state index in [2.05, 4.69) is 21.9 Å². The number of ether oxygens (including phenoxy) is 1. The summed E-state index contributed by atoms with van der Waals surface area (Å²) in [4.78, 5) is 4.17. The van der Waals surface area contributed by atoms with Crippen LogP contribution < -0.4 is 15.4 Å². The Balaban J connectivity index is 0.00000484. The van der Waals surface area contributed by atoms with Gasteiger partial charge in [-0.2, -0.15) is 11.8 Å². The van der Waals surface area contributed by atoms with Gasteiger partial charge in [0.25, 0.3) is 0 Å². The largest absolute Gasteiger partial charge is 0.486 e. The number of hydrogen-bond acceptors (Lipinski definition) is 3. The summed E-state index contributed by atoms with van der Waals surface area (Å²) in [6.45, 7) is 3.47. The van der Waals surface area contributed by atoms with Gasteiger partial charge in [0.05, 0.1) is 6.54 Å². The molecule has 1 unspecified atom stereocenters. The van der Waals surface area contributed by atoms with Crippen LogP contribution in [0.15, 0.2) is 29.3 Å². The summed E-state index contributed by atoms with van der Waals surface area (Å²) in [5.74, 6) is 1.83. The molecule has 1 atom stereocenters. The van der Waals surface area contributed by atoms with Crippen LogP contribution in [0.4, 0.5) is 4.39 Å². The SMILES string of the molecule is CCC(CNC(=NC)NCCCSC)Oc1ccccc1F.I. The average molecular weight is 455 g/mol. The van der Waals surface area contributed by atoms with Crippen LogP contribution in [-0.2, 0) is 0 Å². The maximum atomic E-state index is 13.6. The zero-order valence-corrected chi connectivity index (χ0v) is 17.1. The van der Waals surface area contributed by atoms with Gasteiger partial charge in [-0.15, -0.1) is 24.0 Å². The molecule has 23 heavy (non-hydrogen) atoms. The second-order valence-corrected chi connectivity index (χ2v) is 5.79. The third-order valence-electron chi connectivity index (χ3n) is 3.12. The van der Waals surface area contributed by atoms with Crippen molar-refractivity contribution in [2.24, 2.45) is 4.99 Å². The first kappa shape index (κ1) is 22.3. The van der Waals surface area contributed by atoms with Gasteiger partial charge in [-0.25, -0.2) is 4.39 Å². The van der Waals surface area contributed by atoms with E-state index in [4.69, 9.17) is 4.74 Å². The van der Waals surface area contributed by atoms with Crippen molar-refractivity contribution in [3.05, 3.63) is 30.1 Å². The number of nitrogens with zero attached hydrogens (tertiary/aromatic N) is 1. The number of hydrogen-bond donors (Lipinski definition) is 2. The molecule has 0 heterocycles. The minimum absolute atomic E-state index is 0. The highest BCUT2D eigenvalue weighted by molar-refractivity contribution is 14.0. The second kappa shape index (κ2) is 13.7. The smallest absolute Gasteiger partial charge is 0.191 e. The summed E-state index contributed by atoms with van der Waals surface area (Å²) >= 11 is 1.83. The Morgan fingerprint density at radius 2 is 2.09 bits per heavy atom. The van der Waals surface area contributed by atoms with Crippen molar-refractivity contribution >= 4 is 41.7 Å². The zero-order chi connectivity index (χ0) is 16.2. The number of para-hydroxylation sites is 1. The molecule has 4 nitrogen and oxygen atoms in total. The van der Waals surface area contributed by atoms with Gasteiger partial charge < -0.3 is 15.4 Å². The molecule has 0 aliphatic heterocycles. The highest BCUT2D eigenvalue weighted by atomic mass is 127. The average Bonchev–Trinajstić information content (AvgIpc) is 2.54.